The van der Waals surface area contributed by atoms with Gasteiger partial charge in [0.2, 0.25) is 0 Å². The van der Waals surface area contributed by atoms with E-state index in [-0.39, 0.29) is 11.3 Å². The summed E-state index contributed by atoms with van der Waals surface area (Å²) in [7, 11) is 0. The lowest BCUT2D eigenvalue weighted by Gasteiger charge is -2.08. The first kappa shape index (κ1) is 7.00. The summed E-state index contributed by atoms with van der Waals surface area (Å²) in [4.78, 5) is 11.8. The van der Waals surface area contributed by atoms with E-state index >= 15 is 0 Å². The van der Waals surface area contributed by atoms with Gasteiger partial charge in [-0.3, -0.25) is 4.79 Å². The molecule has 0 bridgehead atoms. The maximum Gasteiger partial charge on any atom is 0.250 e. The average molecular weight is 172 g/mol. The number of hydrogen-bond donors (Lipinski definition) is 2. The van der Waals surface area contributed by atoms with E-state index in [1.165, 1.54) is 11.8 Å². The molecule has 2 rings (SSSR count). The molecule has 0 fully saturated rings. The Morgan fingerprint density at radius 1 is 1.73 bits per heavy atom. The number of amides is 1. The van der Waals surface area contributed by atoms with Crippen LogP contribution >= 0.6 is 11.8 Å². The lowest BCUT2D eigenvalue weighted by atomic mass is 10.4. The van der Waals surface area contributed by atoms with Crippen molar-refractivity contribution in [1.29, 1.82) is 0 Å². The topological polar surface area (TPSA) is 64.4 Å². The van der Waals surface area contributed by atoms with Gasteiger partial charge in [-0.1, -0.05) is 11.8 Å². The lowest BCUT2D eigenvalue weighted by molar-refractivity contribution is -0.117. The molecule has 0 aliphatic carbocycles. The second-order valence-electron chi connectivity index (χ2n) is 2.44. The van der Waals surface area contributed by atoms with Gasteiger partial charge in [-0.25, -0.2) is 0 Å². The number of ether oxygens (including phenoxy) is 1. The minimum Gasteiger partial charge on any atom is -0.370 e. The zero-order chi connectivity index (χ0) is 7.84. The molecule has 1 atom stereocenters. The first-order valence-electron chi connectivity index (χ1n) is 3.29. The van der Waals surface area contributed by atoms with Crippen LogP contribution in [0.4, 0.5) is 0 Å². The molecule has 1 unspecified atom stereocenters. The van der Waals surface area contributed by atoms with Crippen molar-refractivity contribution in [2.75, 3.05) is 13.2 Å². The summed E-state index contributed by atoms with van der Waals surface area (Å²) >= 11 is 1.46. The number of primary amides is 1. The van der Waals surface area contributed by atoms with Crippen molar-refractivity contribution < 1.29 is 9.53 Å². The molecule has 2 aliphatic rings. The van der Waals surface area contributed by atoms with Crippen LogP contribution in [0.15, 0.2) is 10.6 Å². The highest BCUT2D eigenvalue weighted by Gasteiger charge is 2.30. The van der Waals surface area contributed by atoms with Gasteiger partial charge in [0.15, 0.2) is 5.37 Å². The van der Waals surface area contributed by atoms with Crippen LogP contribution in [0.1, 0.15) is 0 Å². The van der Waals surface area contributed by atoms with Crippen LogP contribution in [0.25, 0.3) is 0 Å². The summed E-state index contributed by atoms with van der Waals surface area (Å²) in [5, 5.41) is 2.72. The number of thioether (sulfide) groups is 1. The van der Waals surface area contributed by atoms with Gasteiger partial charge in [-0.15, -0.1) is 0 Å². The fourth-order valence-electron chi connectivity index (χ4n) is 1.10. The fraction of sp³-hybridized carbons (Fsp3) is 0.500. The first-order valence-corrected chi connectivity index (χ1v) is 4.17. The molecule has 0 saturated heterocycles. The van der Waals surface area contributed by atoms with Gasteiger partial charge in [0.1, 0.15) is 0 Å². The minimum absolute atomic E-state index is 0.274. The highest BCUT2D eigenvalue weighted by molar-refractivity contribution is 8.04. The van der Waals surface area contributed by atoms with Gasteiger partial charge >= 0.3 is 0 Å². The SMILES string of the molecule is NC(=O)C1NC2=C(COC2)S1. The normalized spacial score (nSPS) is 28.5. The molecular weight excluding hydrogens is 164 g/mol. The second kappa shape index (κ2) is 2.42. The standard InChI is InChI=1S/C6H8N2O2S/c7-5(9)6-8-3-1-10-2-4(3)11-6/h6,8H,1-2H2,(H2,7,9). The Morgan fingerprint density at radius 2 is 2.55 bits per heavy atom. The van der Waals surface area contributed by atoms with Crippen molar-refractivity contribution >= 4 is 17.7 Å². The third-order valence-corrected chi connectivity index (χ3v) is 2.87. The Bertz CT molecular complexity index is 223. The summed E-state index contributed by atoms with van der Waals surface area (Å²) in [6.45, 7) is 1.21. The summed E-state index contributed by atoms with van der Waals surface area (Å²) in [5.41, 5.74) is 6.14. The van der Waals surface area contributed by atoms with Crippen molar-refractivity contribution in [3.8, 4) is 0 Å². The molecular formula is C6H8N2O2S. The fourth-order valence-corrected chi connectivity index (χ4v) is 2.11. The monoisotopic (exact) mass is 172 g/mol. The molecule has 0 spiro atoms. The van der Waals surface area contributed by atoms with E-state index < -0.39 is 0 Å². The van der Waals surface area contributed by atoms with Gasteiger partial charge in [-0.2, -0.15) is 0 Å². The Labute approximate surface area is 68.2 Å². The summed E-state index contributed by atoms with van der Waals surface area (Å²) in [6.07, 6.45) is 0. The highest BCUT2D eigenvalue weighted by atomic mass is 32.2. The molecule has 0 radical (unpaired) electrons. The molecule has 4 nitrogen and oxygen atoms in total. The van der Waals surface area contributed by atoms with Gasteiger partial charge in [0.05, 0.1) is 18.9 Å². The molecule has 2 aliphatic heterocycles. The molecule has 0 aromatic carbocycles. The number of rotatable bonds is 1. The molecule has 1 amide bonds. The molecule has 11 heavy (non-hydrogen) atoms. The van der Waals surface area contributed by atoms with E-state index in [0.29, 0.717) is 13.2 Å². The van der Waals surface area contributed by atoms with Crippen LogP contribution in [0.3, 0.4) is 0 Å². The van der Waals surface area contributed by atoms with Gasteiger partial charge < -0.3 is 15.8 Å². The van der Waals surface area contributed by atoms with Crippen molar-refractivity contribution in [3.05, 3.63) is 10.6 Å². The predicted octanol–water partition coefficient (Wildman–Crippen LogP) is -0.624. The number of nitrogens with two attached hydrogens (primary N) is 1. The molecule has 0 saturated carbocycles. The Kier molecular flexibility index (Phi) is 1.54. The number of carbonyl (C=O) groups excluding carboxylic acids is 1. The summed E-state index contributed by atoms with van der Waals surface area (Å²) < 4.78 is 5.13. The predicted molar refractivity (Wildman–Crippen MR) is 41.6 cm³/mol. The van der Waals surface area contributed by atoms with Gasteiger partial charge in [-0.05, 0) is 0 Å². The Morgan fingerprint density at radius 3 is 3.18 bits per heavy atom. The summed E-state index contributed by atoms with van der Waals surface area (Å²) in [6, 6.07) is 0. The van der Waals surface area contributed by atoms with Crippen molar-refractivity contribution in [2.24, 2.45) is 5.73 Å². The molecule has 5 heteroatoms. The molecule has 0 aromatic rings. The zero-order valence-electron chi connectivity index (χ0n) is 5.79. The third kappa shape index (κ3) is 1.10. The van der Waals surface area contributed by atoms with E-state index in [9.17, 15) is 4.79 Å². The van der Waals surface area contributed by atoms with E-state index in [1.54, 1.807) is 0 Å². The van der Waals surface area contributed by atoms with E-state index in [2.05, 4.69) is 5.32 Å². The average Bonchev–Trinajstić information content (AvgIpc) is 2.40. The zero-order valence-corrected chi connectivity index (χ0v) is 6.61. The van der Waals surface area contributed by atoms with Crippen LogP contribution in [-0.2, 0) is 9.53 Å². The number of nitrogens with one attached hydrogen (secondary N) is 1. The van der Waals surface area contributed by atoms with Crippen molar-refractivity contribution in [1.82, 2.24) is 5.32 Å². The Balaban J connectivity index is 2.06. The van der Waals surface area contributed by atoms with Crippen molar-refractivity contribution in [2.45, 2.75) is 5.37 Å². The van der Waals surface area contributed by atoms with E-state index in [0.717, 1.165) is 10.6 Å². The van der Waals surface area contributed by atoms with Gasteiger partial charge in [0, 0.05) is 4.91 Å². The number of hydrogen-bond acceptors (Lipinski definition) is 4. The molecule has 0 aromatic heterocycles. The number of carbonyl (C=O) groups is 1. The van der Waals surface area contributed by atoms with Gasteiger partial charge in [0.25, 0.3) is 5.91 Å². The largest absolute Gasteiger partial charge is 0.370 e. The van der Waals surface area contributed by atoms with Crippen LogP contribution < -0.4 is 11.1 Å². The maximum absolute atomic E-state index is 10.7. The van der Waals surface area contributed by atoms with Crippen LogP contribution in [0.5, 0.6) is 0 Å². The van der Waals surface area contributed by atoms with Crippen LogP contribution in [-0.4, -0.2) is 24.5 Å². The van der Waals surface area contributed by atoms with E-state index in [1.807, 2.05) is 0 Å². The highest BCUT2D eigenvalue weighted by Crippen LogP contribution is 2.33. The van der Waals surface area contributed by atoms with Crippen LogP contribution in [0, 0.1) is 0 Å². The quantitative estimate of drug-likeness (QED) is 0.553. The maximum atomic E-state index is 10.7. The first-order chi connectivity index (χ1) is 5.27. The van der Waals surface area contributed by atoms with Crippen molar-refractivity contribution in [3.63, 3.8) is 0 Å². The van der Waals surface area contributed by atoms with Crippen LogP contribution in [0.2, 0.25) is 0 Å². The Hall–Kier alpha value is -0.680. The third-order valence-electron chi connectivity index (χ3n) is 1.64. The second-order valence-corrected chi connectivity index (χ2v) is 3.64. The minimum atomic E-state index is -0.315. The summed E-state index contributed by atoms with van der Waals surface area (Å²) in [5.74, 6) is -0.315. The molecule has 60 valence electrons. The van der Waals surface area contributed by atoms with E-state index in [4.69, 9.17) is 10.5 Å². The smallest absolute Gasteiger partial charge is 0.250 e. The lowest BCUT2D eigenvalue weighted by Crippen LogP contribution is -2.35. The molecule has 3 N–H and O–H groups in total. The molecule has 2 heterocycles.